The highest BCUT2D eigenvalue weighted by Crippen LogP contribution is 2.33. The number of nitro groups is 1. The van der Waals surface area contributed by atoms with Crippen LogP contribution in [-0.2, 0) is 4.74 Å². The number of amides is 3. The Balaban J connectivity index is 1.75. The summed E-state index contributed by atoms with van der Waals surface area (Å²) in [6, 6.07) is 3.49. The van der Waals surface area contributed by atoms with Gasteiger partial charge in [0.15, 0.2) is 0 Å². The topological polar surface area (TPSA) is 110 Å². The number of rotatable bonds is 5. The summed E-state index contributed by atoms with van der Waals surface area (Å²) in [5.41, 5.74) is -0.517. The van der Waals surface area contributed by atoms with Gasteiger partial charge in [0.2, 0.25) is 0 Å². The summed E-state index contributed by atoms with van der Waals surface area (Å²) in [6.07, 6.45) is 1.63. The van der Waals surface area contributed by atoms with Gasteiger partial charge in [0.1, 0.15) is 5.56 Å². The van der Waals surface area contributed by atoms with E-state index in [2.05, 4.69) is 0 Å². The zero-order chi connectivity index (χ0) is 18.8. The van der Waals surface area contributed by atoms with Crippen LogP contribution >= 0.6 is 0 Å². The summed E-state index contributed by atoms with van der Waals surface area (Å²) in [5, 5.41) is 11.2. The molecule has 1 aromatic rings. The fraction of sp³-hybridized carbons (Fsp3) is 0.471. The fourth-order valence-corrected chi connectivity index (χ4v) is 3.28. The Morgan fingerprint density at radius 2 is 2.12 bits per heavy atom. The van der Waals surface area contributed by atoms with E-state index in [9.17, 15) is 24.5 Å². The molecule has 0 radical (unpaired) electrons. The lowest BCUT2D eigenvalue weighted by Crippen LogP contribution is -2.42. The smallest absolute Gasteiger partial charge is 0.409 e. The van der Waals surface area contributed by atoms with E-state index in [1.54, 1.807) is 0 Å². The van der Waals surface area contributed by atoms with Gasteiger partial charge in [0, 0.05) is 19.2 Å². The van der Waals surface area contributed by atoms with Crippen molar-refractivity contribution in [3.8, 4) is 0 Å². The molecule has 3 amide bonds. The Labute approximate surface area is 149 Å². The van der Waals surface area contributed by atoms with Crippen LogP contribution in [0.3, 0.4) is 0 Å². The Morgan fingerprint density at radius 3 is 2.81 bits per heavy atom. The molecule has 0 unspecified atom stereocenters. The first-order valence-corrected chi connectivity index (χ1v) is 8.52. The zero-order valence-electron chi connectivity index (χ0n) is 14.3. The number of benzene rings is 1. The van der Waals surface area contributed by atoms with Crippen molar-refractivity contribution in [1.29, 1.82) is 0 Å². The maximum absolute atomic E-state index is 12.7. The third-order valence-corrected chi connectivity index (χ3v) is 4.63. The third kappa shape index (κ3) is 3.00. The van der Waals surface area contributed by atoms with Crippen molar-refractivity contribution >= 4 is 23.6 Å². The molecular weight excluding hydrogens is 342 g/mol. The largest absolute Gasteiger partial charge is 0.449 e. The lowest BCUT2D eigenvalue weighted by atomic mass is 10.1. The van der Waals surface area contributed by atoms with Crippen LogP contribution in [0.15, 0.2) is 18.2 Å². The molecular formula is C17H19N3O6. The average molecular weight is 361 g/mol. The maximum atomic E-state index is 12.7. The highest BCUT2D eigenvalue weighted by Gasteiger charge is 2.46. The SMILES string of the molecule is CCCCOC(=O)N1CC[C@H](N2C(=O)c3cccc([N+](=O)[O-])c3C2=O)C1. The van der Waals surface area contributed by atoms with Crippen molar-refractivity contribution in [3.63, 3.8) is 0 Å². The van der Waals surface area contributed by atoms with Crippen LogP contribution in [-0.4, -0.2) is 58.4 Å². The minimum atomic E-state index is -0.677. The second-order valence-corrected chi connectivity index (χ2v) is 6.29. The molecule has 0 aromatic heterocycles. The van der Waals surface area contributed by atoms with Crippen molar-refractivity contribution in [2.75, 3.05) is 19.7 Å². The van der Waals surface area contributed by atoms with Crippen LogP contribution in [0.1, 0.15) is 46.9 Å². The first-order chi connectivity index (χ1) is 12.5. The van der Waals surface area contributed by atoms with Crippen molar-refractivity contribution in [1.82, 2.24) is 9.80 Å². The summed E-state index contributed by atoms with van der Waals surface area (Å²) >= 11 is 0. The first kappa shape index (κ1) is 17.8. The third-order valence-electron chi connectivity index (χ3n) is 4.63. The summed E-state index contributed by atoms with van der Waals surface area (Å²) in [6.45, 7) is 2.85. The van der Waals surface area contributed by atoms with Gasteiger partial charge in [-0.25, -0.2) is 4.79 Å². The number of imide groups is 1. The maximum Gasteiger partial charge on any atom is 0.409 e. The minimum absolute atomic E-state index is 0.0353. The van der Waals surface area contributed by atoms with Crippen molar-refractivity contribution in [2.45, 2.75) is 32.2 Å². The number of carbonyl (C=O) groups excluding carboxylic acids is 3. The number of fused-ring (bicyclic) bond motifs is 1. The fourth-order valence-electron chi connectivity index (χ4n) is 3.28. The molecule has 9 heteroatoms. The van der Waals surface area contributed by atoms with E-state index in [0.29, 0.717) is 19.6 Å². The summed E-state index contributed by atoms with van der Waals surface area (Å²) in [4.78, 5) is 50.3. The van der Waals surface area contributed by atoms with Crippen LogP contribution in [0.4, 0.5) is 10.5 Å². The first-order valence-electron chi connectivity index (χ1n) is 8.52. The molecule has 2 heterocycles. The van der Waals surface area contributed by atoms with Gasteiger partial charge < -0.3 is 9.64 Å². The van der Waals surface area contributed by atoms with E-state index < -0.39 is 28.9 Å². The molecule has 3 rings (SSSR count). The second-order valence-electron chi connectivity index (χ2n) is 6.29. The number of nitro benzene ring substituents is 1. The number of nitrogens with zero attached hydrogens (tertiary/aromatic N) is 3. The molecule has 0 N–H and O–H groups in total. The van der Waals surface area contributed by atoms with Crippen molar-refractivity contribution < 1.29 is 24.0 Å². The Morgan fingerprint density at radius 1 is 1.35 bits per heavy atom. The Hall–Kier alpha value is -2.97. The van der Waals surface area contributed by atoms with Crippen LogP contribution in [0.2, 0.25) is 0 Å². The lowest BCUT2D eigenvalue weighted by molar-refractivity contribution is -0.385. The molecule has 1 saturated heterocycles. The summed E-state index contributed by atoms with van der Waals surface area (Å²) in [7, 11) is 0. The number of hydrogen-bond acceptors (Lipinski definition) is 6. The molecule has 0 spiro atoms. The predicted molar refractivity (Wildman–Crippen MR) is 89.8 cm³/mol. The normalized spacial score (nSPS) is 19.0. The van der Waals surface area contributed by atoms with Gasteiger partial charge in [0.05, 0.1) is 23.1 Å². The molecule has 0 aliphatic carbocycles. The van der Waals surface area contributed by atoms with Gasteiger partial charge in [-0.1, -0.05) is 19.4 Å². The van der Waals surface area contributed by atoms with E-state index in [1.807, 2.05) is 6.92 Å². The van der Waals surface area contributed by atoms with Gasteiger partial charge >= 0.3 is 6.09 Å². The summed E-state index contributed by atoms with van der Waals surface area (Å²) < 4.78 is 5.15. The quantitative estimate of drug-likeness (QED) is 0.344. The number of carbonyl (C=O) groups is 3. The number of ether oxygens (including phenoxy) is 1. The van der Waals surface area contributed by atoms with E-state index in [-0.39, 0.29) is 23.4 Å². The molecule has 1 aromatic carbocycles. The molecule has 26 heavy (non-hydrogen) atoms. The molecule has 0 bridgehead atoms. The zero-order valence-corrected chi connectivity index (χ0v) is 14.3. The van der Waals surface area contributed by atoms with E-state index in [0.717, 1.165) is 17.7 Å². The molecule has 2 aliphatic heterocycles. The van der Waals surface area contributed by atoms with Gasteiger partial charge in [-0.3, -0.25) is 24.6 Å². The average Bonchev–Trinajstić information content (AvgIpc) is 3.19. The monoisotopic (exact) mass is 361 g/mol. The van der Waals surface area contributed by atoms with Crippen molar-refractivity contribution in [2.24, 2.45) is 0 Å². The molecule has 1 fully saturated rings. The van der Waals surface area contributed by atoms with Gasteiger partial charge in [-0.2, -0.15) is 0 Å². The van der Waals surface area contributed by atoms with Crippen LogP contribution in [0.5, 0.6) is 0 Å². The Bertz CT molecular complexity index is 778. The predicted octanol–water partition coefficient (Wildman–Crippen LogP) is 2.20. The van der Waals surface area contributed by atoms with Gasteiger partial charge in [-0.05, 0) is 18.9 Å². The minimum Gasteiger partial charge on any atom is -0.449 e. The highest BCUT2D eigenvalue weighted by molar-refractivity contribution is 6.23. The number of hydrogen-bond donors (Lipinski definition) is 0. The van der Waals surface area contributed by atoms with E-state index in [4.69, 9.17) is 4.74 Å². The standard InChI is InChI=1S/C17H19N3O6/c1-2-3-9-26-17(23)18-8-7-11(10-18)19-15(21)12-5-4-6-13(20(24)25)14(12)16(19)22/h4-6,11H,2-3,7-10H2,1H3/t11-/m0/s1. The number of likely N-dealkylation sites (tertiary alicyclic amines) is 1. The van der Waals surface area contributed by atoms with Gasteiger partial charge in [-0.15, -0.1) is 0 Å². The molecule has 0 saturated carbocycles. The van der Waals surface area contributed by atoms with Crippen LogP contribution in [0, 0.1) is 10.1 Å². The number of unbranched alkanes of at least 4 members (excludes halogenated alkanes) is 1. The Kier molecular flexibility index (Phi) is 4.88. The second kappa shape index (κ2) is 7.11. The molecule has 138 valence electrons. The van der Waals surface area contributed by atoms with E-state index in [1.165, 1.54) is 23.1 Å². The summed E-state index contributed by atoms with van der Waals surface area (Å²) in [5.74, 6) is -1.23. The van der Waals surface area contributed by atoms with E-state index >= 15 is 0 Å². The van der Waals surface area contributed by atoms with Crippen LogP contribution < -0.4 is 0 Å². The molecule has 2 aliphatic rings. The lowest BCUT2D eigenvalue weighted by Gasteiger charge is -2.22. The van der Waals surface area contributed by atoms with Gasteiger partial charge in [0.25, 0.3) is 17.5 Å². The molecule has 1 atom stereocenters. The van der Waals surface area contributed by atoms with Crippen LogP contribution in [0.25, 0.3) is 0 Å². The van der Waals surface area contributed by atoms with Crippen molar-refractivity contribution in [3.05, 3.63) is 39.4 Å². The highest BCUT2D eigenvalue weighted by atomic mass is 16.6. The molecule has 9 nitrogen and oxygen atoms in total.